The molecular formula is C43H24N2S2. The standard InChI is InChI=1S/C43H24N2S2/c44-25-28-20-22-31(30-14-9-19-39-40(30)32-13-5-7-18-38(32)46-39)41-33-15-8-17-37(43(33)47-42(28)41)45-35-16-6-4-12-29(35)34-24-27(21-23-36(34)45)26-10-2-1-3-11-26/h1-24H. The first kappa shape index (κ1) is 26.5. The summed E-state index contributed by atoms with van der Waals surface area (Å²) in [6, 6.07) is 54.7. The van der Waals surface area contributed by atoms with Gasteiger partial charge >= 0.3 is 0 Å². The lowest BCUT2D eigenvalue weighted by molar-refractivity contribution is 1.20. The molecule has 10 rings (SSSR count). The second kappa shape index (κ2) is 10.1. The van der Waals surface area contributed by atoms with E-state index in [4.69, 9.17) is 0 Å². The molecule has 0 aliphatic rings. The van der Waals surface area contributed by atoms with Gasteiger partial charge in [0.05, 0.1) is 31.7 Å². The number of fused-ring (bicyclic) bond motifs is 9. The number of thiophene rings is 2. The summed E-state index contributed by atoms with van der Waals surface area (Å²) in [7, 11) is 0. The Morgan fingerprint density at radius 2 is 1.19 bits per heavy atom. The fraction of sp³-hybridized carbons (Fsp3) is 0. The van der Waals surface area contributed by atoms with Crippen molar-refractivity contribution in [2.24, 2.45) is 0 Å². The van der Waals surface area contributed by atoms with Crippen LogP contribution in [-0.2, 0) is 0 Å². The molecular weight excluding hydrogens is 609 g/mol. The molecule has 7 aromatic carbocycles. The first-order chi connectivity index (χ1) is 23.3. The summed E-state index contributed by atoms with van der Waals surface area (Å²) in [6.45, 7) is 0. The van der Waals surface area contributed by atoms with Crippen molar-refractivity contribution >= 4 is 84.8 Å². The van der Waals surface area contributed by atoms with Crippen LogP contribution in [-0.4, -0.2) is 4.57 Å². The largest absolute Gasteiger partial charge is 0.308 e. The molecule has 0 aliphatic carbocycles. The smallest absolute Gasteiger partial charge is 0.101 e. The summed E-state index contributed by atoms with van der Waals surface area (Å²) < 4.78 is 7.20. The second-order valence-corrected chi connectivity index (χ2v) is 14.1. The van der Waals surface area contributed by atoms with Crippen molar-refractivity contribution in [3.05, 3.63) is 151 Å². The Morgan fingerprint density at radius 1 is 0.468 bits per heavy atom. The average Bonchev–Trinajstić information content (AvgIpc) is 3.81. The van der Waals surface area contributed by atoms with Crippen LogP contribution >= 0.6 is 22.7 Å². The zero-order chi connectivity index (χ0) is 31.1. The van der Waals surface area contributed by atoms with Crippen molar-refractivity contribution in [3.8, 4) is 34.0 Å². The minimum atomic E-state index is 0.716. The molecule has 3 heterocycles. The van der Waals surface area contributed by atoms with E-state index in [0.717, 1.165) is 15.8 Å². The van der Waals surface area contributed by atoms with Crippen LogP contribution in [0.5, 0.6) is 0 Å². The number of hydrogen-bond donors (Lipinski definition) is 0. The molecule has 0 saturated carbocycles. The first-order valence-electron chi connectivity index (χ1n) is 15.7. The molecule has 0 unspecified atom stereocenters. The van der Waals surface area contributed by atoms with Crippen LogP contribution in [0.3, 0.4) is 0 Å². The molecule has 0 aliphatic heterocycles. The van der Waals surface area contributed by atoms with Crippen LogP contribution in [0.25, 0.3) is 90.1 Å². The summed E-state index contributed by atoms with van der Waals surface area (Å²) in [5, 5.41) is 17.7. The highest BCUT2D eigenvalue weighted by Crippen LogP contribution is 2.48. The van der Waals surface area contributed by atoms with Gasteiger partial charge in [0, 0.05) is 41.7 Å². The third-order valence-electron chi connectivity index (χ3n) is 9.46. The van der Waals surface area contributed by atoms with Crippen LogP contribution in [0.15, 0.2) is 146 Å². The number of nitrogens with zero attached hydrogens (tertiary/aromatic N) is 2. The van der Waals surface area contributed by atoms with E-state index in [9.17, 15) is 5.26 Å². The zero-order valence-electron chi connectivity index (χ0n) is 25.1. The molecule has 4 heteroatoms. The maximum Gasteiger partial charge on any atom is 0.101 e. The number of aromatic nitrogens is 1. The third kappa shape index (κ3) is 3.82. The van der Waals surface area contributed by atoms with Crippen molar-refractivity contribution in [3.63, 3.8) is 0 Å². The minimum absolute atomic E-state index is 0.716. The minimum Gasteiger partial charge on any atom is -0.308 e. The van der Waals surface area contributed by atoms with Crippen molar-refractivity contribution in [2.45, 2.75) is 0 Å². The van der Waals surface area contributed by atoms with E-state index in [0.29, 0.717) is 5.56 Å². The highest BCUT2D eigenvalue weighted by molar-refractivity contribution is 7.27. The SMILES string of the molecule is N#Cc1ccc(-c2cccc3sc4ccccc4c23)c2c1sc1c(-n3c4ccccc4c4cc(-c5ccccc5)ccc43)cccc12. The van der Waals surface area contributed by atoms with Gasteiger partial charge in [-0.1, -0.05) is 103 Å². The number of para-hydroxylation sites is 1. The highest BCUT2D eigenvalue weighted by atomic mass is 32.1. The van der Waals surface area contributed by atoms with Crippen molar-refractivity contribution < 1.29 is 0 Å². The van der Waals surface area contributed by atoms with Crippen LogP contribution in [0, 0.1) is 11.3 Å². The fourth-order valence-electron chi connectivity index (χ4n) is 7.42. The van der Waals surface area contributed by atoms with Gasteiger partial charge in [-0.3, -0.25) is 0 Å². The van der Waals surface area contributed by atoms with Crippen molar-refractivity contribution in [1.82, 2.24) is 4.57 Å². The second-order valence-electron chi connectivity index (χ2n) is 12.0. The Morgan fingerprint density at radius 3 is 2.09 bits per heavy atom. The lowest BCUT2D eigenvalue weighted by atomic mass is 9.94. The first-order valence-corrected chi connectivity index (χ1v) is 17.3. The van der Waals surface area contributed by atoms with Gasteiger partial charge in [-0.05, 0) is 64.7 Å². The average molecular weight is 633 g/mol. The number of hydrogen-bond acceptors (Lipinski definition) is 3. The van der Waals surface area contributed by atoms with Gasteiger partial charge in [0.2, 0.25) is 0 Å². The van der Waals surface area contributed by atoms with E-state index >= 15 is 0 Å². The lowest BCUT2D eigenvalue weighted by Crippen LogP contribution is -1.93. The van der Waals surface area contributed by atoms with E-state index < -0.39 is 0 Å². The predicted octanol–water partition coefficient (Wildman–Crippen LogP) is 12.7. The van der Waals surface area contributed by atoms with Crippen LogP contribution in [0.4, 0.5) is 0 Å². The van der Waals surface area contributed by atoms with Gasteiger partial charge in [0.15, 0.2) is 0 Å². The molecule has 0 fully saturated rings. The Hall–Kier alpha value is -5.73. The van der Waals surface area contributed by atoms with Crippen LogP contribution in [0.1, 0.15) is 5.56 Å². The van der Waals surface area contributed by atoms with Gasteiger partial charge in [0.25, 0.3) is 0 Å². The Labute approximate surface area is 278 Å². The molecule has 3 aromatic heterocycles. The molecule has 0 atom stereocenters. The Kier molecular flexibility index (Phi) is 5.71. The number of nitriles is 1. The summed E-state index contributed by atoms with van der Waals surface area (Å²) in [5.41, 5.74) is 9.00. The summed E-state index contributed by atoms with van der Waals surface area (Å²) >= 11 is 3.57. The topological polar surface area (TPSA) is 28.7 Å². The van der Waals surface area contributed by atoms with E-state index in [-0.39, 0.29) is 0 Å². The maximum absolute atomic E-state index is 10.3. The molecule has 47 heavy (non-hydrogen) atoms. The summed E-state index contributed by atoms with van der Waals surface area (Å²) in [6.07, 6.45) is 0. The van der Waals surface area contributed by atoms with Gasteiger partial charge in [-0.15, -0.1) is 22.7 Å². The molecule has 0 bridgehead atoms. The van der Waals surface area contributed by atoms with Crippen LogP contribution in [0.2, 0.25) is 0 Å². The molecule has 0 saturated heterocycles. The van der Waals surface area contributed by atoms with E-state index in [1.165, 1.54) is 74.3 Å². The molecule has 0 spiro atoms. The van der Waals surface area contributed by atoms with Gasteiger partial charge in [-0.25, -0.2) is 0 Å². The highest BCUT2D eigenvalue weighted by Gasteiger charge is 2.21. The molecule has 0 amide bonds. The third-order valence-corrected chi connectivity index (χ3v) is 11.9. The molecule has 0 N–H and O–H groups in total. The molecule has 0 radical (unpaired) electrons. The van der Waals surface area contributed by atoms with E-state index in [1.54, 1.807) is 11.3 Å². The Balaban J connectivity index is 1.29. The number of rotatable bonds is 3. The summed E-state index contributed by atoms with van der Waals surface area (Å²) in [4.78, 5) is 0. The Bertz CT molecular complexity index is 2920. The van der Waals surface area contributed by atoms with Gasteiger partial charge in [0.1, 0.15) is 6.07 Å². The van der Waals surface area contributed by atoms with Crippen molar-refractivity contribution in [1.29, 1.82) is 5.26 Å². The maximum atomic E-state index is 10.3. The lowest BCUT2D eigenvalue weighted by Gasteiger charge is -2.11. The molecule has 10 aromatic rings. The monoisotopic (exact) mass is 632 g/mol. The van der Waals surface area contributed by atoms with Gasteiger partial charge in [-0.2, -0.15) is 5.26 Å². The molecule has 218 valence electrons. The van der Waals surface area contributed by atoms with Crippen LogP contribution < -0.4 is 0 Å². The fourth-order valence-corrected chi connectivity index (χ4v) is 9.84. The quantitative estimate of drug-likeness (QED) is 0.190. The van der Waals surface area contributed by atoms with Gasteiger partial charge < -0.3 is 4.57 Å². The summed E-state index contributed by atoms with van der Waals surface area (Å²) in [5.74, 6) is 0. The van der Waals surface area contributed by atoms with Crippen molar-refractivity contribution in [2.75, 3.05) is 0 Å². The molecule has 2 nitrogen and oxygen atoms in total. The number of benzene rings is 7. The van der Waals surface area contributed by atoms with E-state index in [1.807, 2.05) is 17.4 Å². The zero-order valence-corrected chi connectivity index (χ0v) is 26.7. The van der Waals surface area contributed by atoms with E-state index in [2.05, 4.69) is 150 Å². The normalized spacial score (nSPS) is 11.8. The predicted molar refractivity (Wildman–Crippen MR) is 202 cm³/mol.